The van der Waals surface area contributed by atoms with E-state index in [2.05, 4.69) is 32.2 Å². The highest BCUT2D eigenvalue weighted by Gasteiger charge is 2.27. The van der Waals surface area contributed by atoms with Crippen LogP contribution < -0.4 is 10.1 Å². The van der Waals surface area contributed by atoms with Crippen LogP contribution in [0.5, 0.6) is 11.6 Å². The van der Waals surface area contributed by atoms with Crippen molar-refractivity contribution >= 4 is 34.2 Å². The van der Waals surface area contributed by atoms with E-state index in [1.165, 1.54) is 0 Å². The minimum atomic E-state index is -0.0727. The maximum atomic E-state index is 13.6. The molecule has 0 bridgehead atoms. The van der Waals surface area contributed by atoms with E-state index < -0.39 is 0 Å². The van der Waals surface area contributed by atoms with Crippen molar-refractivity contribution in [1.82, 2.24) is 24.8 Å². The molecule has 3 heterocycles. The number of nitrogens with zero attached hydrogens (tertiary/aromatic N) is 5. The zero-order valence-electron chi connectivity index (χ0n) is 27.5. The van der Waals surface area contributed by atoms with E-state index in [4.69, 9.17) is 9.73 Å². The molecule has 5 aromatic rings. The van der Waals surface area contributed by atoms with Gasteiger partial charge in [-0.1, -0.05) is 42.5 Å². The third-order valence-corrected chi connectivity index (χ3v) is 8.68. The number of aromatic amines is 1. The van der Waals surface area contributed by atoms with E-state index in [1.54, 1.807) is 31.6 Å². The van der Waals surface area contributed by atoms with E-state index in [-0.39, 0.29) is 23.9 Å². The molecule has 0 saturated carbocycles. The number of aliphatic imine (C=N–C) groups is 1. The van der Waals surface area contributed by atoms with Crippen LogP contribution in [0.15, 0.2) is 84.1 Å². The molecule has 10 nitrogen and oxygen atoms in total. The summed E-state index contributed by atoms with van der Waals surface area (Å²) in [6.45, 7) is 6.01. The number of benzene rings is 3. The second-order valence-corrected chi connectivity index (χ2v) is 12.4. The Morgan fingerprint density at radius 1 is 1.04 bits per heavy atom. The number of amides is 1. The Kier molecular flexibility index (Phi) is 9.22. The average Bonchev–Trinajstić information content (AvgIpc) is 3.41. The first-order valence-corrected chi connectivity index (χ1v) is 15.9. The lowest BCUT2D eigenvalue weighted by Crippen LogP contribution is -2.44. The number of aromatic nitrogens is 3. The predicted molar refractivity (Wildman–Crippen MR) is 187 cm³/mol. The minimum Gasteiger partial charge on any atom is -0.496 e. The van der Waals surface area contributed by atoms with Crippen molar-refractivity contribution in [3.05, 3.63) is 95.8 Å². The molecule has 0 spiro atoms. The van der Waals surface area contributed by atoms with Crippen LogP contribution in [0, 0.1) is 0 Å². The number of nitrogens with one attached hydrogen (secondary N) is 2. The van der Waals surface area contributed by atoms with Gasteiger partial charge in [0.2, 0.25) is 5.95 Å². The fraction of sp³-hybridized carbons (Fsp3) is 0.297. The Hall–Kier alpha value is -5.22. The summed E-state index contributed by atoms with van der Waals surface area (Å²) in [6, 6.07) is 21.5. The summed E-state index contributed by atoms with van der Waals surface area (Å²) in [5.41, 5.74) is 5.59. The summed E-state index contributed by atoms with van der Waals surface area (Å²) in [4.78, 5) is 34.8. The second-order valence-electron chi connectivity index (χ2n) is 12.4. The lowest BCUT2D eigenvalue weighted by atomic mass is 9.99. The van der Waals surface area contributed by atoms with Gasteiger partial charge in [0.25, 0.3) is 5.91 Å². The number of H-pyrrole nitrogens is 1. The molecule has 0 radical (unpaired) electrons. The summed E-state index contributed by atoms with van der Waals surface area (Å²) >= 11 is 0. The van der Waals surface area contributed by atoms with Crippen molar-refractivity contribution in [2.75, 3.05) is 39.6 Å². The van der Waals surface area contributed by atoms with E-state index in [9.17, 15) is 9.90 Å². The number of ether oxygens (including phenoxy) is 1. The summed E-state index contributed by atoms with van der Waals surface area (Å²) in [6.07, 6.45) is 5.45. The van der Waals surface area contributed by atoms with Crippen molar-refractivity contribution in [3.63, 3.8) is 0 Å². The molecule has 0 unspecified atom stereocenters. The van der Waals surface area contributed by atoms with Gasteiger partial charge >= 0.3 is 0 Å². The highest BCUT2D eigenvalue weighted by Crippen LogP contribution is 2.35. The van der Waals surface area contributed by atoms with Gasteiger partial charge in [-0.2, -0.15) is 0 Å². The van der Waals surface area contributed by atoms with Crippen LogP contribution in [0.1, 0.15) is 48.2 Å². The number of fused-ring (bicyclic) bond motifs is 1. The van der Waals surface area contributed by atoms with E-state index in [1.807, 2.05) is 80.4 Å². The number of likely N-dealkylation sites (tertiary alicyclic amines) is 1. The Morgan fingerprint density at radius 3 is 2.45 bits per heavy atom. The number of carbonyl (C=O) groups excluding carboxylic acids is 1. The number of hydrogen-bond acceptors (Lipinski definition) is 8. The molecule has 242 valence electrons. The molecule has 1 fully saturated rings. The van der Waals surface area contributed by atoms with Gasteiger partial charge in [0.15, 0.2) is 5.88 Å². The van der Waals surface area contributed by atoms with Crippen LogP contribution in [-0.4, -0.2) is 87.9 Å². The number of aromatic hydroxyl groups is 1. The number of carbonyl (C=O) groups is 1. The van der Waals surface area contributed by atoms with Crippen LogP contribution in [0.4, 0.5) is 11.6 Å². The first kappa shape index (κ1) is 31.7. The molecule has 1 saturated heterocycles. The van der Waals surface area contributed by atoms with Crippen LogP contribution in [0.2, 0.25) is 0 Å². The first-order chi connectivity index (χ1) is 22.7. The van der Waals surface area contributed by atoms with Crippen LogP contribution in [-0.2, 0) is 0 Å². The lowest BCUT2D eigenvalue weighted by molar-refractivity contribution is 0.0656. The maximum Gasteiger partial charge on any atom is 0.257 e. The van der Waals surface area contributed by atoms with Gasteiger partial charge in [0.1, 0.15) is 5.75 Å². The Bertz CT molecular complexity index is 1890. The molecular formula is C37H41N7O3. The fourth-order valence-corrected chi connectivity index (χ4v) is 6.07. The maximum absolute atomic E-state index is 13.6. The monoisotopic (exact) mass is 631 g/mol. The second kappa shape index (κ2) is 13.6. The molecule has 2 aromatic heterocycles. The van der Waals surface area contributed by atoms with Crippen molar-refractivity contribution < 1.29 is 14.6 Å². The highest BCUT2D eigenvalue weighted by molar-refractivity contribution is 6.22. The van der Waals surface area contributed by atoms with E-state index in [0.717, 1.165) is 53.5 Å². The Balaban J connectivity index is 1.36. The molecule has 47 heavy (non-hydrogen) atoms. The number of anilines is 1. The van der Waals surface area contributed by atoms with E-state index >= 15 is 0 Å². The van der Waals surface area contributed by atoms with Crippen molar-refractivity contribution in [1.29, 1.82) is 0 Å². The van der Waals surface area contributed by atoms with Gasteiger partial charge in [-0.25, -0.2) is 15.0 Å². The van der Waals surface area contributed by atoms with Crippen molar-refractivity contribution in [2.24, 2.45) is 4.99 Å². The number of piperidine rings is 1. The zero-order valence-corrected chi connectivity index (χ0v) is 27.5. The fourth-order valence-electron chi connectivity index (χ4n) is 6.07. The summed E-state index contributed by atoms with van der Waals surface area (Å²) in [5.74, 6) is 0.960. The molecular weight excluding hydrogens is 590 g/mol. The standard InChI is InChI=1S/C37H41N7O3/c1-23(2)40-37-38-21-26(22-39-37)25-11-13-29-31(19-25)42-35(45)33(29)34(24-9-7-6-8-10-24)41-27-12-14-30(32(20-27)47-5)36(46)44(4)28-15-17-43(3)18-16-28/h6-14,19-23,28,42,45H,15-18H2,1-5H3,(H,38,39,40). The van der Waals surface area contributed by atoms with Crippen LogP contribution >= 0.6 is 0 Å². The lowest BCUT2D eigenvalue weighted by Gasteiger charge is -2.35. The SMILES string of the molecule is COc1cc(N=C(c2ccccc2)c2c(O)[nH]c3cc(-c4cnc(NC(C)C)nc4)ccc23)ccc1C(=O)N(C)C1CCN(C)CC1. The third kappa shape index (κ3) is 6.83. The highest BCUT2D eigenvalue weighted by atomic mass is 16.5. The topological polar surface area (TPSA) is 119 Å². The van der Waals surface area contributed by atoms with Gasteiger partial charge < -0.3 is 29.9 Å². The van der Waals surface area contributed by atoms with Crippen molar-refractivity contribution in [3.8, 4) is 22.8 Å². The smallest absolute Gasteiger partial charge is 0.257 e. The molecule has 1 aliphatic rings. The van der Waals surface area contributed by atoms with Gasteiger partial charge in [-0.15, -0.1) is 0 Å². The van der Waals surface area contributed by atoms with Crippen molar-refractivity contribution in [2.45, 2.75) is 38.8 Å². The molecule has 3 N–H and O–H groups in total. The quantitative estimate of drug-likeness (QED) is 0.159. The molecule has 6 rings (SSSR count). The molecule has 1 aliphatic heterocycles. The van der Waals surface area contributed by atoms with Gasteiger partial charge in [-0.3, -0.25) is 4.79 Å². The average molecular weight is 632 g/mol. The first-order valence-electron chi connectivity index (χ1n) is 15.9. The third-order valence-electron chi connectivity index (χ3n) is 8.68. The van der Waals surface area contributed by atoms with E-state index in [0.29, 0.717) is 34.2 Å². The minimum absolute atomic E-state index is 0.00555. The van der Waals surface area contributed by atoms with Gasteiger partial charge in [-0.05, 0) is 70.6 Å². The number of rotatable bonds is 9. The summed E-state index contributed by atoms with van der Waals surface area (Å²) in [7, 11) is 5.54. The van der Waals surface area contributed by atoms with Crippen LogP contribution in [0.25, 0.3) is 22.0 Å². The molecule has 0 aliphatic carbocycles. The molecule has 3 aromatic carbocycles. The normalized spacial score (nSPS) is 14.5. The zero-order chi connectivity index (χ0) is 33.1. The van der Waals surface area contributed by atoms with Gasteiger partial charge in [0, 0.05) is 59.6 Å². The predicted octanol–water partition coefficient (Wildman–Crippen LogP) is 6.49. The summed E-state index contributed by atoms with van der Waals surface area (Å²) in [5, 5.41) is 15.3. The largest absolute Gasteiger partial charge is 0.496 e. The molecule has 10 heteroatoms. The Labute approximate surface area is 275 Å². The Morgan fingerprint density at radius 2 is 1.77 bits per heavy atom. The summed E-state index contributed by atoms with van der Waals surface area (Å²) < 4.78 is 5.72. The van der Waals surface area contributed by atoms with Crippen LogP contribution in [0.3, 0.4) is 0 Å². The molecule has 1 amide bonds. The van der Waals surface area contributed by atoms with Gasteiger partial charge in [0.05, 0.1) is 29.6 Å². The number of hydrogen-bond donors (Lipinski definition) is 3. The number of methoxy groups -OCH3 is 1. The molecule has 0 atom stereocenters.